The van der Waals surface area contributed by atoms with Crippen molar-refractivity contribution in [3.63, 3.8) is 0 Å². The first-order valence-corrected chi connectivity index (χ1v) is 9.50. The van der Waals surface area contributed by atoms with Crippen molar-refractivity contribution < 1.29 is 9.53 Å². The Morgan fingerprint density at radius 2 is 2.00 bits per heavy atom. The maximum absolute atomic E-state index is 11.0. The van der Waals surface area contributed by atoms with Gasteiger partial charge in [0.2, 0.25) is 6.41 Å². The summed E-state index contributed by atoms with van der Waals surface area (Å²) in [7, 11) is 0. The molecule has 2 aliphatic rings. The van der Waals surface area contributed by atoms with E-state index in [-0.39, 0.29) is 5.60 Å². The second-order valence-electron chi connectivity index (χ2n) is 7.48. The van der Waals surface area contributed by atoms with Gasteiger partial charge in [-0.2, -0.15) is 0 Å². The van der Waals surface area contributed by atoms with Crippen molar-refractivity contribution in [2.45, 2.75) is 38.2 Å². The van der Waals surface area contributed by atoms with Crippen molar-refractivity contribution in [1.29, 1.82) is 0 Å². The highest BCUT2D eigenvalue weighted by atomic mass is 16.5. The van der Waals surface area contributed by atoms with Crippen LogP contribution in [0.15, 0.2) is 36.5 Å². The third kappa shape index (κ3) is 3.42. The van der Waals surface area contributed by atoms with Crippen LogP contribution in [0.5, 0.6) is 5.75 Å². The monoisotopic (exact) mass is 363 g/mol. The number of carbonyl (C=O) groups excluding carboxylic acids is 1. The van der Waals surface area contributed by atoms with Crippen molar-refractivity contribution in [3.05, 3.63) is 53.5 Å². The molecule has 3 heterocycles. The van der Waals surface area contributed by atoms with E-state index in [0.29, 0.717) is 0 Å². The van der Waals surface area contributed by atoms with Gasteiger partial charge in [0.25, 0.3) is 0 Å². The normalized spacial score (nSPS) is 18.3. The van der Waals surface area contributed by atoms with Gasteiger partial charge in [-0.05, 0) is 61.4 Å². The molecule has 0 saturated carbocycles. The molecule has 0 atom stereocenters. The van der Waals surface area contributed by atoms with Crippen LogP contribution in [0.3, 0.4) is 0 Å². The standard InChI is InChI=1S/C22H25N3O2/c1-16-20(4-3-19(24-16)7-11-23)17-2-5-21-18(14-17)6-8-22(27-21)9-12-25(15-26)13-10-22/h2-5,7,11,14-15H,6,8-10,12-13,23H2,1H3. The smallest absolute Gasteiger partial charge is 0.209 e. The van der Waals surface area contributed by atoms with Crippen LogP contribution < -0.4 is 10.5 Å². The summed E-state index contributed by atoms with van der Waals surface area (Å²) in [5.41, 5.74) is 10.7. The highest BCUT2D eigenvalue weighted by Gasteiger charge is 2.39. The van der Waals surface area contributed by atoms with Crippen LogP contribution in [0.1, 0.15) is 36.2 Å². The summed E-state index contributed by atoms with van der Waals surface area (Å²) in [6.45, 7) is 3.59. The average Bonchev–Trinajstić information content (AvgIpc) is 2.69. The number of carbonyl (C=O) groups is 1. The van der Waals surface area contributed by atoms with E-state index in [1.54, 1.807) is 6.08 Å². The minimum Gasteiger partial charge on any atom is -0.487 e. The number of amides is 1. The van der Waals surface area contributed by atoms with Gasteiger partial charge in [-0.3, -0.25) is 9.78 Å². The SMILES string of the molecule is Cc1nc(C=CN)ccc1-c1ccc2c(c1)CCC1(CCN(C=O)CC1)O2. The van der Waals surface area contributed by atoms with E-state index < -0.39 is 0 Å². The van der Waals surface area contributed by atoms with E-state index >= 15 is 0 Å². The number of fused-ring (bicyclic) bond motifs is 1. The average molecular weight is 363 g/mol. The summed E-state index contributed by atoms with van der Waals surface area (Å²) in [4.78, 5) is 17.4. The molecule has 1 aromatic heterocycles. The maximum Gasteiger partial charge on any atom is 0.209 e. The zero-order valence-corrected chi connectivity index (χ0v) is 15.6. The molecule has 0 unspecified atom stereocenters. The Hall–Kier alpha value is -2.82. The summed E-state index contributed by atoms with van der Waals surface area (Å²) in [5.74, 6) is 0.984. The van der Waals surface area contributed by atoms with E-state index in [0.717, 1.165) is 73.4 Å². The van der Waals surface area contributed by atoms with Crippen molar-refractivity contribution in [2.24, 2.45) is 5.73 Å². The minimum absolute atomic E-state index is 0.109. The molecule has 1 fully saturated rings. The van der Waals surface area contributed by atoms with Crippen LogP contribution in [-0.4, -0.2) is 35.0 Å². The van der Waals surface area contributed by atoms with E-state index in [9.17, 15) is 4.79 Å². The number of likely N-dealkylation sites (tertiary alicyclic amines) is 1. The number of aryl methyl sites for hydroxylation is 2. The Labute approximate surface area is 159 Å². The summed E-state index contributed by atoms with van der Waals surface area (Å²) in [5, 5.41) is 0. The van der Waals surface area contributed by atoms with E-state index in [1.807, 2.05) is 17.9 Å². The minimum atomic E-state index is -0.109. The first-order chi connectivity index (χ1) is 13.1. The number of nitrogens with zero attached hydrogens (tertiary/aromatic N) is 2. The Balaban J connectivity index is 1.57. The first-order valence-electron chi connectivity index (χ1n) is 9.50. The Morgan fingerprint density at radius 1 is 1.19 bits per heavy atom. The van der Waals surface area contributed by atoms with Gasteiger partial charge in [-0.1, -0.05) is 12.1 Å². The molecule has 5 nitrogen and oxygen atoms in total. The summed E-state index contributed by atoms with van der Waals surface area (Å²) in [6.07, 6.45) is 8.08. The predicted molar refractivity (Wildman–Crippen MR) is 106 cm³/mol. The van der Waals surface area contributed by atoms with Crippen LogP contribution in [-0.2, 0) is 11.2 Å². The van der Waals surface area contributed by atoms with Crippen LogP contribution >= 0.6 is 0 Å². The molecule has 2 aromatic rings. The molecule has 0 bridgehead atoms. The van der Waals surface area contributed by atoms with Gasteiger partial charge in [0, 0.05) is 37.2 Å². The Kier molecular flexibility index (Phi) is 4.60. The lowest BCUT2D eigenvalue weighted by atomic mass is 9.82. The lowest BCUT2D eigenvalue weighted by Gasteiger charge is -2.43. The van der Waals surface area contributed by atoms with Gasteiger partial charge in [-0.25, -0.2) is 0 Å². The maximum atomic E-state index is 11.0. The largest absolute Gasteiger partial charge is 0.487 e. The Bertz CT molecular complexity index is 883. The van der Waals surface area contributed by atoms with Gasteiger partial charge in [0.1, 0.15) is 11.4 Å². The van der Waals surface area contributed by atoms with Crippen molar-refractivity contribution in [2.75, 3.05) is 13.1 Å². The predicted octanol–water partition coefficient (Wildman–Crippen LogP) is 3.30. The zero-order chi connectivity index (χ0) is 18.9. The van der Waals surface area contributed by atoms with E-state index in [4.69, 9.17) is 10.5 Å². The fourth-order valence-corrected chi connectivity index (χ4v) is 4.15. The van der Waals surface area contributed by atoms with Gasteiger partial charge >= 0.3 is 0 Å². The summed E-state index contributed by atoms with van der Waals surface area (Å²) < 4.78 is 6.44. The van der Waals surface area contributed by atoms with Gasteiger partial charge in [0.05, 0.1) is 5.69 Å². The third-order valence-electron chi connectivity index (χ3n) is 5.78. The number of hydrogen-bond acceptors (Lipinski definition) is 4. The number of piperidine rings is 1. The molecule has 5 heteroatoms. The number of nitrogens with two attached hydrogens (primary N) is 1. The summed E-state index contributed by atoms with van der Waals surface area (Å²) in [6, 6.07) is 10.5. The topological polar surface area (TPSA) is 68.5 Å². The molecule has 2 N–H and O–H groups in total. The number of ether oxygens (including phenoxy) is 1. The number of benzene rings is 1. The van der Waals surface area contributed by atoms with Crippen LogP contribution in [0.2, 0.25) is 0 Å². The highest BCUT2D eigenvalue weighted by Crippen LogP contribution is 2.40. The first kappa shape index (κ1) is 17.6. The molecular weight excluding hydrogens is 338 g/mol. The fourth-order valence-electron chi connectivity index (χ4n) is 4.15. The number of rotatable bonds is 3. The number of hydrogen-bond donors (Lipinski definition) is 1. The zero-order valence-electron chi connectivity index (χ0n) is 15.6. The molecule has 0 aliphatic carbocycles. The van der Waals surface area contributed by atoms with Crippen LogP contribution in [0, 0.1) is 6.92 Å². The van der Waals surface area contributed by atoms with E-state index in [2.05, 4.69) is 29.2 Å². The van der Waals surface area contributed by atoms with Gasteiger partial charge in [-0.15, -0.1) is 0 Å². The van der Waals surface area contributed by atoms with Gasteiger partial charge in [0.15, 0.2) is 0 Å². The molecular formula is C22H25N3O2. The molecule has 0 radical (unpaired) electrons. The molecule has 1 spiro atoms. The second kappa shape index (κ2) is 7.06. The number of pyridine rings is 1. The quantitative estimate of drug-likeness (QED) is 0.850. The molecule has 1 aromatic carbocycles. The van der Waals surface area contributed by atoms with Crippen molar-refractivity contribution >= 4 is 12.5 Å². The number of aromatic nitrogens is 1. The lowest BCUT2D eigenvalue weighted by molar-refractivity contribution is -0.121. The van der Waals surface area contributed by atoms with Crippen molar-refractivity contribution in [1.82, 2.24) is 9.88 Å². The molecule has 27 heavy (non-hydrogen) atoms. The lowest BCUT2D eigenvalue weighted by Crippen LogP contribution is -2.49. The molecule has 2 aliphatic heterocycles. The Morgan fingerprint density at radius 3 is 2.70 bits per heavy atom. The molecule has 4 rings (SSSR count). The van der Waals surface area contributed by atoms with E-state index in [1.165, 1.54) is 11.8 Å². The van der Waals surface area contributed by atoms with Crippen LogP contribution in [0.25, 0.3) is 17.2 Å². The molecule has 1 saturated heterocycles. The second-order valence-corrected chi connectivity index (χ2v) is 7.48. The van der Waals surface area contributed by atoms with Crippen molar-refractivity contribution in [3.8, 4) is 16.9 Å². The highest BCUT2D eigenvalue weighted by molar-refractivity contribution is 5.69. The fraction of sp³-hybridized carbons (Fsp3) is 0.364. The molecule has 140 valence electrons. The van der Waals surface area contributed by atoms with Crippen LogP contribution in [0.4, 0.5) is 0 Å². The third-order valence-corrected chi connectivity index (χ3v) is 5.78. The summed E-state index contributed by atoms with van der Waals surface area (Å²) >= 11 is 0. The molecule has 1 amide bonds. The van der Waals surface area contributed by atoms with Gasteiger partial charge < -0.3 is 15.4 Å².